The summed E-state index contributed by atoms with van der Waals surface area (Å²) in [4.78, 5) is 24.1. The Morgan fingerprint density at radius 2 is 1.68 bits per heavy atom. The van der Waals surface area contributed by atoms with Crippen LogP contribution in [0.3, 0.4) is 0 Å². The number of amides is 3. The van der Waals surface area contributed by atoms with Crippen LogP contribution in [0.4, 0.5) is 9.18 Å². The molecule has 3 amide bonds. The van der Waals surface area contributed by atoms with E-state index in [0.717, 1.165) is 5.56 Å². The predicted molar refractivity (Wildman–Crippen MR) is 70.2 cm³/mol. The molecule has 1 aromatic carbocycles. The van der Waals surface area contributed by atoms with Crippen molar-refractivity contribution in [3.05, 3.63) is 35.6 Å². The molecule has 0 saturated carbocycles. The summed E-state index contributed by atoms with van der Waals surface area (Å²) >= 11 is 0. The summed E-state index contributed by atoms with van der Waals surface area (Å²) in [5.41, 5.74) is 0.747. The Bertz CT molecular complexity index is 432. The third-order valence-electron chi connectivity index (χ3n) is 2.41. The van der Waals surface area contributed by atoms with Gasteiger partial charge in [0.15, 0.2) is 0 Å². The largest absolute Gasteiger partial charge is 0.354 e. The molecule has 0 saturated heterocycles. The average molecular weight is 267 g/mol. The van der Waals surface area contributed by atoms with E-state index in [4.69, 9.17) is 0 Å². The molecule has 5 nitrogen and oxygen atoms in total. The molecule has 0 bridgehead atoms. The van der Waals surface area contributed by atoms with Gasteiger partial charge in [-0.15, -0.1) is 0 Å². The van der Waals surface area contributed by atoms with E-state index in [2.05, 4.69) is 10.6 Å². The highest BCUT2D eigenvalue weighted by Crippen LogP contribution is 2.03. The van der Waals surface area contributed by atoms with Crippen LogP contribution in [0, 0.1) is 5.82 Å². The lowest BCUT2D eigenvalue weighted by atomic mass is 10.1. The Kier molecular flexibility index (Phi) is 5.78. The molecule has 6 heteroatoms. The summed E-state index contributed by atoms with van der Waals surface area (Å²) in [5, 5.41) is 5.31. The second-order valence-corrected chi connectivity index (χ2v) is 4.28. The van der Waals surface area contributed by atoms with Crippen LogP contribution in [0.5, 0.6) is 0 Å². The minimum absolute atomic E-state index is 0.161. The van der Waals surface area contributed by atoms with Crippen molar-refractivity contribution in [2.24, 2.45) is 0 Å². The van der Waals surface area contributed by atoms with E-state index in [9.17, 15) is 14.0 Å². The molecule has 0 heterocycles. The average Bonchev–Trinajstić information content (AvgIpc) is 2.37. The number of halogens is 1. The van der Waals surface area contributed by atoms with Crippen LogP contribution in [0.2, 0.25) is 0 Å². The molecule has 0 atom stereocenters. The summed E-state index contributed by atoms with van der Waals surface area (Å²) in [6.07, 6.45) is 0.196. The number of hydrogen-bond acceptors (Lipinski definition) is 2. The maximum Gasteiger partial charge on any atom is 0.316 e. The van der Waals surface area contributed by atoms with Gasteiger partial charge in [0.1, 0.15) is 5.82 Å². The van der Waals surface area contributed by atoms with Gasteiger partial charge in [-0.05, 0) is 17.7 Å². The lowest BCUT2D eigenvalue weighted by Crippen LogP contribution is -2.39. The van der Waals surface area contributed by atoms with Gasteiger partial charge in [-0.25, -0.2) is 9.18 Å². The first-order valence-corrected chi connectivity index (χ1v) is 5.95. The highest BCUT2D eigenvalue weighted by Gasteiger charge is 2.04. The van der Waals surface area contributed by atoms with E-state index < -0.39 is 0 Å². The lowest BCUT2D eigenvalue weighted by molar-refractivity contribution is -0.120. The van der Waals surface area contributed by atoms with Crippen LogP contribution in [0.1, 0.15) is 5.56 Å². The molecule has 0 aliphatic heterocycles. The number of nitrogens with one attached hydrogen (secondary N) is 2. The van der Waals surface area contributed by atoms with Gasteiger partial charge in [0, 0.05) is 27.2 Å². The van der Waals surface area contributed by atoms with Gasteiger partial charge in [-0.3, -0.25) is 4.79 Å². The molecule has 0 radical (unpaired) electrons. The zero-order valence-electron chi connectivity index (χ0n) is 11.1. The lowest BCUT2D eigenvalue weighted by Gasteiger charge is -2.12. The molecular weight excluding hydrogens is 249 g/mol. The quantitative estimate of drug-likeness (QED) is 0.774. The van der Waals surface area contributed by atoms with Gasteiger partial charge >= 0.3 is 6.03 Å². The number of carbonyl (C=O) groups is 2. The van der Waals surface area contributed by atoms with Crippen molar-refractivity contribution < 1.29 is 14.0 Å². The first-order chi connectivity index (χ1) is 8.99. The van der Waals surface area contributed by atoms with Crippen LogP contribution in [0.15, 0.2) is 24.3 Å². The summed E-state index contributed by atoms with van der Waals surface area (Å²) in [5.74, 6) is -0.485. The number of benzene rings is 1. The maximum atomic E-state index is 12.7. The van der Waals surface area contributed by atoms with Gasteiger partial charge in [0.25, 0.3) is 0 Å². The zero-order chi connectivity index (χ0) is 14.3. The van der Waals surface area contributed by atoms with E-state index in [1.807, 2.05) is 0 Å². The topological polar surface area (TPSA) is 61.4 Å². The van der Waals surface area contributed by atoms with Crippen molar-refractivity contribution in [3.63, 3.8) is 0 Å². The van der Waals surface area contributed by atoms with Gasteiger partial charge in [0.05, 0.1) is 6.42 Å². The summed E-state index contributed by atoms with van der Waals surface area (Å²) in [6.45, 7) is 0.728. The normalized spacial score (nSPS) is 9.84. The number of urea groups is 1. The van der Waals surface area contributed by atoms with E-state index in [-0.39, 0.29) is 24.2 Å². The van der Waals surface area contributed by atoms with Crippen molar-refractivity contribution in [3.8, 4) is 0 Å². The molecule has 0 fully saturated rings. The highest BCUT2D eigenvalue weighted by molar-refractivity contribution is 5.78. The Morgan fingerprint density at radius 3 is 2.26 bits per heavy atom. The Morgan fingerprint density at radius 1 is 1.11 bits per heavy atom. The summed E-state index contributed by atoms with van der Waals surface area (Å²) in [6, 6.07) is 5.58. The fourth-order valence-electron chi connectivity index (χ4n) is 1.38. The third kappa shape index (κ3) is 5.85. The van der Waals surface area contributed by atoms with E-state index in [0.29, 0.717) is 13.1 Å². The molecule has 2 N–H and O–H groups in total. The van der Waals surface area contributed by atoms with Crippen LogP contribution >= 0.6 is 0 Å². The van der Waals surface area contributed by atoms with E-state index in [1.165, 1.54) is 17.0 Å². The fourth-order valence-corrected chi connectivity index (χ4v) is 1.38. The molecule has 104 valence electrons. The first-order valence-electron chi connectivity index (χ1n) is 5.95. The van der Waals surface area contributed by atoms with Crippen LogP contribution in [-0.2, 0) is 11.2 Å². The number of hydrogen-bond donors (Lipinski definition) is 2. The van der Waals surface area contributed by atoms with Crippen molar-refractivity contribution >= 4 is 11.9 Å². The van der Waals surface area contributed by atoms with E-state index in [1.54, 1.807) is 26.2 Å². The molecule has 0 aliphatic carbocycles. The second kappa shape index (κ2) is 7.35. The molecule has 0 aliphatic rings. The molecule has 0 spiro atoms. The number of rotatable bonds is 5. The Labute approximate surface area is 111 Å². The van der Waals surface area contributed by atoms with Crippen molar-refractivity contribution in [2.75, 3.05) is 27.2 Å². The highest BCUT2D eigenvalue weighted by atomic mass is 19.1. The molecular formula is C13H18FN3O2. The van der Waals surface area contributed by atoms with Crippen LogP contribution in [0.25, 0.3) is 0 Å². The smallest absolute Gasteiger partial charge is 0.316 e. The maximum absolute atomic E-state index is 12.7. The minimum Gasteiger partial charge on any atom is -0.354 e. The zero-order valence-corrected chi connectivity index (χ0v) is 11.1. The molecule has 1 rings (SSSR count). The first kappa shape index (κ1) is 14.9. The van der Waals surface area contributed by atoms with Gasteiger partial charge in [-0.2, -0.15) is 0 Å². The molecule has 0 aromatic heterocycles. The standard InChI is InChI=1S/C13H18FN3O2/c1-17(2)13(19)16-8-7-15-12(18)9-10-3-5-11(14)6-4-10/h3-6H,7-9H2,1-2H3,(H,15,18)(H,16,19). The van der Waals surface area contributed by atoms with E-state index >= 15 is 0 Å². The molecule has 0 unspecified atom stereocenters. The molecule has 1 aromatic rings. The van der Waals surface area contributed by atoms with Crippen LogP contribution < -0.4 is 10.6 Å². The predicted octanol–water partition coefficient (Wildman–Crippen LogP) is 0.756. The molecule has 19 heavy (non-hydrogen) atoms. The second-order valence-electron chi connectivity index (χ2n) is 4.28. The van der Waals surface area contributed by atoms with Crippen molar-refractivity contribution in [2.45, 2.75) is 6.42 Å². The van der Waals surface area contributed by atoms with Crippen LogP contribution in [-0.4, -0.2) is 44.0 Å². The SMILES string of the molecule is CN(C)C(=O)NCCNC(=O)Cc1ccc(F)cc1. The van der Waals surface area contributed by atoms with Gasteiger partial charge < -0.3 is 15.5 Å². The van der Waals surface area contributed by atoms with Crippen molar-refractivity contribution in [1.29, 1.82) is 0 Å². The minimum atomic E-state index is -0.324. The summed E-state index contributed by atoms with van der Waals surface area (Å²) in [7, 11) is 3.28. The summed E-state index contributed by atoms with van der Waals surface area (Å²) < 4.78 is 12.7. The Hall–Kier alpha value is -2.11. The van der Waals surface area contributed by atoms with Gasteiger partial charge in [-0.1, -0.05) is 12.1 Å². The van der Waals surface area contributed by atoms with Gasteiger partial charge in [0.2, 0.25) is 5.91 Å². The third-order valence-corrected chi connectivity index (χ3v) is 2.41. The monoisotopic (exact) mass is 267 g/mol. The number of carbonyl (C=O) groups excluding carboxylic acids is 2. The number of nitrogens with zero attached hydrogens (tertiary/aromatic N) is 1. The van der Waals surface area contributed by atoms with Crippen molar-refractivity contribution in [1.82, 2.24) is 15.5 Å². The Balaban J connectivity index is 2.21. The fraction of sp³-hybridized carbons (Fsp3) is 0.385.